The van der Waals surface area contributed by atoms with Gasteiger partial charge in [0.25, 0.3) is 0 Å². The highest BCUT2D eigenvalue weighted by Gasteiger charge is 2.52. The van der Waals surface area contributed by atoms with Crippen molar-refractivity contribution in [3.63, 3.8) is 0 Å². The number of benzene rings is 2. The Morgan fingerprint density at radius 3 is 2.84 bits per heavy atom. The third-order valence-electron chi connectivity index (χ3n) is 7.21. The van der Waals surface area contributed by atoms with Crippen LogP contribution in [0.2, 0.25) is 0 Å². The number of hydrogen-bond acceptors (Lipinski definition) is 5. The number of fused-ring (bicyclic) bond motifs is 4. The normalized spacial score (nSPS) is 29.2. The Labute approximate surface area is 182 Å². The van der Waals surface area contributed by atoms with Crippen LogP contribution in [0.4, 0.5) is 0 Å². The van der Waals surface area contributed by atoms with E-state index >= 15 is 0 Å². The molecule has 3 heterocycles. The van der Waals surface area contributed by atoms with Crippen molar-refractivity contribution < 1.29 is 24.5 Å². The fourth-order valence-corrected chi connectivity index (χ4v) is 5.64. The first-order valence-electron chi connectivity index (χ1n) is 11.1. The zero-order valence-corrected chi connectivity index (χ0v) is 18.0. The van der Waals surface area contributed by atoms with Gasteiger partial charge >= 0.3 is 5.97 Å². The van der Waals surface area contributed by atoms with Crippen molar-refractivity contribution in [1.29, 1.82) is 0 Å². The molecule has 6 heteroatoms. The number of likely N-dealkylation sites (tertiary alicyclic amines) is 1. The second-order valence-electron chi connectivity index (χ2n) is 9.51. The van der Waals surface area contributed by atoms with Gasteiger partial charge in [-0.3, -0.25) is 4.90 Å². The molecule has 0 aromatic heterocycles. The van der Waals surface area contributed by atoms with Gasteiger partial charge in [0.2, 0.25) is 0 Å². The first-order valence-corrected chi connectivity index (χ1v) is 11.1. The van der Waals surface area contributed by atoms with Crippen LogP contribution in [0.15, 0.2) is 42.5 Å². The lowest BCUT2D eigenvalue weighted by Gasteiger charge is -2.54. The molecule has 2 N–H and O–H groups in total. The predicted molar refractivity (Wildman–Crippen MR) is 115 cm³/mol. The number of ether oxygens (including phenoxy) is 2. The van der Waals surface area contributed by atoms with Crippen LogP contribution >= 0.6 is 0 Å². The first kappa shape index (κ1) is 20.3. The maximum absolute atomic E-state index is 11.7. The summed E-state index contributed by atoms with van der Waals surface area (Å²) in [5, 5.41) is 19.5. The van der Waals surface area contributed by atoms with Gasteiger partial charge in [-0.1, -0.05) is 18.2 Å². The Hall–Kier alpha value is -2.57. The lowest BCUT2D eigenvalue weighted by Crippen LogP contribution is -2.58. The number of rotatable bonds is 3. The third-order valence-corrected chi connectivity index (χ3v) is 7.21. The summed E-state index contributed by atoms with van der Waals surface area (Å²) in [6, 6.07) is 12.8. The lowest BCUT2D eigenvalue weighted by atomic mass is 9.72. The van der Waals surface area contributed by atoms with Crippen LogP contribution in [0.25, 0.3) is 0 Å². The van der Waals surface area contributed by atoms with E-state index < -0.39 is 11.6 Å². The predicted octanol–water partition coefficient (Wildman–Crippen LogP) is 4.37. The van der Waals surface area contributed by atoms with E-state index in [9.17, 15) is 15.0 Å². The molecule has 2 aromatic rings. The Morgan fingerprint density at radius 1 is 1.23 bits per heavy atom. The minimum Gasteiger partial charge on any atom is -0.508 e. The number of aromatic hydroxyl groups is 1. The number of phenols is 1. The summed E-state index contributed by atoms with van der Waals surface area (Å²) in [7, 11) is 0. The molecule has 0 spiro atoms. The van der Waals surface area contributed by atoms with Gasteiger partial charge in [-0.25, -0.2) is 4.79 Å². The molecule has 6 nitrogen and oxygen atoms in total. The molecule has 2 aromatic carbocycles. The SMILES string of the molecule is CC1(C)Oc2cc(O)ccc2[C@@H]2O[C@@H]3CCCN(Cc4ccccc4C(=O)O)[C@@H]3C[C@H]21. The molecule has 31 heavy (non-hydrogen) atoms. The quantitative estimate of drug-likeness (QED) is 0.763. The summed E-state index contributed by atoms with van der Waals surface area (Å²) in [6.45, 7) is 5.72. The molecule has 3 aliphatic rings. The van der Waals surface area contributed by atoms with Gasteiger partial charge in [0.05, 0.1) is 17.8 Å². The highest BCUT2D eigenvalue weighted by Crippen LogP contribution is 2.53. The summed E-state index contributed by atoms with van der Waals surface area (Å²) in [6.07, 6.45) is 2.99. The Bertz CT molecular complexity index is 1000. The van der Waals surface area contributed by atoms with Crippen LogP contribution in [0.3, 0.4) is 0 Å². The molecular formula is C25H29NO5. The van der Waals surface area contributed by atoms with Crippen LogP contribution < -0.4 is 4.74 Å². The molecule has 0 aliphatic carbocycles. The lowest BCUT2D eigenvalue weighted by molar-refractivity contribution is -0.190. The average molecular weight is 424 g/mol. The number of nitrogens with zero attached hydrogens (tertiary/aromatic N) is 1. The summed E-state index contributed by atoms with van der Waals surface area (Å²) in [5.41, 5.74) is 1.79. The van der Waals surface area contributed by atoms with Crippen LogP contribution in [0.1, 0.15) is 60.7 Å². The van der Waals surface area contributed by atoms with Crippen LogP contribution in [0.5, 0.6) is 11.5 Å². The minimum absolute atomic E-state index is 0.0631. The van der Waals surface area contributed by atoms with Crippen molar-refractivity contribution in [3.05, 3.63) is 59.2 Å². The molecule has 0 radical (unpaired) electrons. The summed E-state index contributed by atoms with van der Waals surface area (Å²) >= 11 is 0. The van der Waals surface area contributed by atoms with Crippen molar-refractivity contribution >= 4 is 5.97 Å². The summed E-state index contributed by atoms with van der Waals surface area (Å²) in [4.78, 5) is 14.1. The molecule has 0 bridgehead atoms. The topological polar surface area (TPSA) is 79.2 Å². The van der Waals surface area contributed by atoms with E-state index in [0.29, 0.717) is 17.9 Å². The fraction of sp³-hybridized carbons (Fsp3) is 0.480. The molecule has 5 rings (SSSR count). The van der Waals surface area contributed by atoms with Crippen molar-refractivity contribution in [2.24, 2.45) is 5.92 Å². The number of hydrogen-bond donors (Lipinski definition) is 2. The zero-order valence-electron chi connectivity index (χ0n) is 18.0. The molecule has 2 fully saturated rings. The van der Waals surface area contributed by atoms with Gasteiger partial charge < -0.3 is 19.7 Å². The zero-order chi connectivity index (χ0) is 21.8. The van der Waals surface area contributed by atoms with Gasteiger partial charge in [-0.05, 0) is 63.4 Å². The highest BCUT2D eigenvalue weighted by molar-refractivity contribution is 5.89. The second kappa shape index (κ2) is 7.53. The Kier molecular flexibility index (Phi) is 4.94. The van der Waals surface area contributed by atoms with Crippen molar-refractivity contribution in [2.45, 2.75) is 63.5 Å². The van der Waals surface area contributed by atoms with E-state index in [2.05, 4.69) is 18.7 Å². The first-order chi connectivity index (χ1) is 14.8. The van der Waals surface area contributed by atoms with E-state index in [0.717, 1.165) is 36.9 Å². The van der Waals surface area contributed by atoms with E-state index in [1.807, 2.05) is 18.2 Å². The number of carbonyl (C=O) groups is 1. The summed E-state index contributed by atoms with van der Waals surface area (Å²) < 4.78 is 13.0. The number of piperidine rings is 1. The average Bonchev–Trinajstić information content (AvgIpc) is 2.73. The third kappa shape index (κ3) is 3.58. The minimum atomic E-state index is -0.884. The van der Waals surface area contributed by atoms with Gasteiger partial charge in [0, 0.05) is 30.1 Å². The molecule has 2 saturated heterocycles. The summed E-state index contributed by atoms with van der Waals surface area (Å²) in [5.74, 6) is 0.183. The Balaban J connectivity index is 1.44. The van der Waals surface area contributed by atoms with Gasteiger partial charge in [0.1, 0.15) is 17.1 Å². The number of carboxylic acid groups (broad SMARTS) is 1. The maximum Gasteiger partial charge on any atom is 0.336 e. The standard InChI is InChI=1S/C25H29NO5/c1-25(2)19-13-20-21(30-23(19)18-10-9-16(27)12-22(18)31-25)8-5-11-26(20)14-15-6-3-4-7-17(15)24(28)29/h3-4,6-7,9-10,12,19-21,23,27H,5,8,11,13-14H2,1-2H3,(H,28,29)/t19-,20-,21-,23+/m1/s1. The van der Waals surface area contributed by atoms with Crippen molar-refractivity contribution in [1.82, 2.24) is 4.90 Å². The van der Waals surface area contributed by atoms with Crippen LogP contribution in [-0.4, -0.2) is 45.4 Å². The molecule has 0 amide bonds. The number of aromatic carboxylic acids is 1. The monoisotopic (exact) mass is 423 g/mol. The largest absolute Gasteiger partial charge is 0.508 e. The van der Waals surface area contributed by atoms with Crippen molar-refractivity contribution in [3.8, 4) is 11.5 Å². The van der Waals surface area contributed by atoms with Crippen LogP contribution in [-0.2, 0) is 11.3 Å². The van der Waals surface area contributed by atoms with Gasteiger partial charge in [0.15, 0.2) is 0 Å². The smallest absolute Gasteiger partial charge is 0.336 e. The molecule has 164 valence electrons. The molecule has 4 atom stereocenters. The van der Waals surface area contributed by atoms with Crippen LogP contribution in [0, 0.1) is 5.92 Å². The Morgan fingerprint density at radius 2 is 2.03 bits per heavy atom. The highest BCUT2D eigenvalue weighted by atomic mass is 16.5. The van der Waals surface area contributed by atoms with Gasteiger partial charge in [-0.2, -0.15) is 0 Å². The second-order valence-corrected chi connectivity index (χ2v) is 9.51. The fourth-order valence-electron chi connectivity index (χ4n) is 5.64. The van der Waals surface area contributed by atoms with E-state index in [1.165, 1.54) is 0 Å². The van der Waals surface area contributed by atoms with E-state index in [-0.39, 0.29) is 29.9 Å². The van der Waals surface area contributed by atoms with Gasteiger partial charge in [-0.15, -0.1) is 0 Å². The molecule has 0 unspecified atom stereocenters. The molecule has 0 saturated carbocycles. The number of phenolic OH excluding ortho intramolecular Hbond substituents is 1. The van der Waals surface area contributed by atoms with Crippen molar-refractivity contribution in [2.75, 3.05) is 6.54 Å². The molecule has 3 aliphatic heterocycles. The van der Waals surface area contributed by atoms with E-state index in [4.69, 9.17) is 9.47 Å². The number of carboxylic acids is 1. The maximum atomic E-state index is 11.7. The molecular weight excluding hydrogens is 394 g/mol. The van der Waals surface area contributed by atoms with E-state index in [1.54, 1.807) is 24.3 Å².